The van der Waals surface area contributed by atoms with Crippen LogP contribution in [0.3, 0.4) is 0 Å². The van der Waals surface area contributed by atoms with Gasteiger partial charge in [0.2, 0.25) is 0 Å². The van der Waals surface area contributed by atoms with Crippen LogP contribution in [0.25, 0.3) is 0 Å². The standard InChI is InChI=1S/C91H178O17P2/c1-7-10-12-14-16-18-20-22-24-25-26-27-28-32-36-39-43-49-55-61-67-73-88(93)101-79-86(107-91(96)76-70-64-58-51-45-41-37-33-30-29-31-35-38-42-48-54-60-66-72-84(6)9-3)81-105-109(97,98)103-77-85(92)78-104-110(99,100)106-82-87(80-102-89(94)74-68-62-56-52-46-47-53-59-65-71-83(4)5)108-90(95)75-69-63-57-50-44-40-34-23-21-19-17-15-13-11-8-2/h83-87,92H,7-82H2,1-6H3,(H,97,98)(H,99,100)/t84?,85-,86-,87-/m1/s1. The highest BCUT2D eigenvalue weighted by Gasteiger charge is 2.31. The maximum Gasteiger partial charge on any atom is 0.472 e. The van der Waals surface area contributed by atoms with Gasteiger partial charge in [-0.15, -0.1) is 0 Å². The van der Waals surface area contributed by atoms with Crippen LogP contribution in [0.4, 0.5) is 0 Å². The van der Waals surface area contributed by atoms with Crippen LogP contribution in [0.2, 0.25) is 0 Å². The Kier molecular flexibility index (Phi) is 80.7. The fourth-order valence-electron chi connectivity index (χ4n) is 14.3. The predicted molar refractivity (Wildman–Crippen MR) is 455 cm³/mol. The summed E-state index contributed by atoms with van der Waals surface area (Å²) in [4.78, 5) is 73.4. The topological polar surface area (TPSA) is 237 Å². The van der Waals surface area contributed by atoms with Gasteiger partial charge in [0.1, 0.15) is 19.3 Å². The first-order valence-electron chi connectivity index (χ1n) is 47.0. The van der Waals surface area contributed by atoms with Crippen molar-refractivity contribution in [1.29, 1.82) is 0 Å². The van der Waals surface area contributed by atoms with Gasteiger partial charge in [-0.2, -0.15) is 0 Å². The Labute approximate surface area is 677 Å². The van der Waals surface area contributed by atoms with Gasteiger partial charge in [0.15, 0.2) is 12.2 Å². The Morgan fingerprint density at radius 1 is 0.264 bits per heavy atom. The molecule has 0 bridgehead atoms. The molecule has 654 valence electrons. The number of phosphoric acid groups is 2. The Hall–Kier alpha value is -1.94. The minimum Gasteiger partial charge on any atom is -0.462 e. The SMILES string of the molecule is CCCCCCCCCCCCCCCCCCCCCCCC(=O)OC[C@H](COP(=O)(O)OC[C@@H](O)COP(=O)(O)OC[C@@H](COC(=O)CCCCCCCCCCCC(C)C)OC(=O)CCCCCCCCCCCCCCCCC)OC(=O)CCCCCCCCCCCCCCCCCCCCC(C)CC. The first-order chi connectivity index (χ1) is 53.4. The summed E-state index contributed by atoms with van der Waals surface area (Å²) in [6, 6.07) is 0. The third kappa shape index (κ3) is 82.6. The molecular weight excluding hydrogens is 1430 g/mol. The minimum atomic E-state index is -4.97. The summed E-state index contributed by atoms with van der Waals surface area (Å²) in [5.74, 6) is -0.481. The van der Waals surface area contributed by atoms with Crippen molar-refractivity contribution in [1.82, 2.24) is 0 Å². The molecule has 6 atom stereocenters. The van der Waals surface area contributed by atoms with E-state index in [9.17, 15) is 43.2 Å². The van der Waals surface area contributed by atoms with Gasteiger partial charge in [-0.3, -0.25) is 37.3 Å². The average Bonchev–Trinajstić information content (AvgIpc) is 0.897. The summed E-state index contributed by atoms with van der Waals surface area (Å²) >= 11 is 0. The molecule has 3 N–H and O–H groups in total. The molecule has 0 aromatic carbocycles. The van der Waals surface area contributed by atoms with E-state index in [0.717, 1.165) is 102 Å². The molecule has 0 radical (unpaired) electrons. The van der Waals surface area contributed by atoms with Crippen LogP contribution in [0, 0.1) is 11.8 Å². The van der Waals surface area contributed by atoms with Crippen LogP contribution in [-0.2, 0) is 65.4 Å². The molecule has 19 heteroatoms. The molecule has 17 nitrogen and oxygen atoms in total. The van der Waals surface area contributed by atoms with Crippen LogP contribution in [0.15, 0.2) is 0 Å². The molecule has 3 unspecified atom stereocenters. The fraction of sp³-hybridized carbons (Fsp3) is 0.956. The summed E-state index contributed by atoms with van der Waals surface area (Å²) in [5.41, 5.74) is 0. The van der Waals surface area contributed by atoms with Gasteiger partial charge in [-0.25, -0.2) is 9.13 Å². The number of carbonyl (C=O) groups is 4. The number of aliphatic hydroxyl groups excluding tert-OH is 1. The average molecular weight is 1610 g/mol. The van der Waals surface area contributed by atoms with E-state index >= 15 is 0 Å². The normalized spacial score (nSPS) is 14.0. The number of hydrogen-bond donors (Lipinski definition) is 3. The van der Waals surface area contributed by atoms with E-state index in [1.165, 1.54) is 308 Å². The maximum absolute atomic E-state index is 13.2. The van der Waals surface area contributed by atoms with E-state index in [0.29, 0.717) is 25.7 Å². The lowest BCUT2D eigenvalue weighted by molar-refractivity contribution is -0.161. The van der Waals surface area contributed by atoms with Gasteiger partial charge < -0.3 is 33.8 Å². The number of ether oxygens (including phenoxy) is 4. The Morgan fingerprint density at radius 2 is 0.464 bits per heavy atom. The highest BCUT2D eigenvalue weighted by molar-refractivity contribution is 7.47. The summed E-state index contributed by atoms with van der Waals surface area (Å²) in [6.45, 7) is 9.75. The Bertz CT molecular complexity index is 2100. The van der Waals surface area contributed by atoms with Crippen LogP contribution in [0.1, 0.15) is 491 Å². The Balaban J connectivity index is 5.23. The van der Waals surface area contributed by atoms with E-state index < -0.39 is 97.5 Å². The number of unbranched alkanes of at least 4 members (excludes halogenated alkanes) is 59. The number of rotatable bonds is 90. The molecule has 110 heavy (non-hydrogen) atoms. The molecule has 0 spiro atoms. The van der Waals surface area contributed by atoms with E-state index in [1.807, 2.05) is 0 Å². The zero-order chi connectivity index (χ0) is 80.6. The number of carbonyl (C=O) groups excluding carboxylic acids is 4. The summed E-state index contributed by atoms with van der Waals surface area (Å²) in [5, 5.41) is 10.7. The van der Waals surface area contributed by atoms with Gasteiger partial charge in [-0.1, -0.05) is 440 Å². The van der Waals surface area contributed by atoms with E-state index in [2.05, 4.69) is 41.5 Å². The number of phosphoric ester groups is 2. The van der Waals surface area contributed by atoms with Crippen molar-refractivity contribution in [2.45, 2.75) is 509 Å². The molecule has 0 rings (SSSR count). The number of esters is 4. The fourth-order valence-corrected chi connectivity index (χ4v) is 15.9. The molecule has 0 amide bonds. The molecule has 0 aromatic heterocycles. The summed E-state index contributed by atoms with van der Waals surface area (Å²) < 4.78 is 69.1. The molecule has 0 aliphatic rings. The highest BCUT2D eigenvalue weighted by Crippen LogP contribution is 2.45. The quantitative estimate of drug-likeness (QED) is 0.0222. The van der Waals surface area contributed by atoms with Crippen LogP contribution < -0.4 is 0 Å². The number of aliphatic hydroxyl groups is 1. The molecule has 0 heterocycles. The molecular formula is C91H178O17P2. The lowest BCUT2D eigenvalue weighted by Crippen LogP contribution is -2.30. The smallest absolute Gasteiger partial charge is 0.462 e. The molecule has 0 saturated heterocycles. The first kappa shape index (κ1) is 108. The Morgan fingerprint density at radius 3 is 0.691 bits per heavy atom. The van der Waals surface area contributed by atoms with Gasteiger partial charge in [0.05, 0.1) is 26.4 Å². The molecule has 0 saturated carbocycles. The van der Waals surface area contributed by atoms with Crippen LogP contribution in [-0.4, -0.2) is 96.7 Å². The van der Waals surface area contributed by atoms with Crippen molar-refractivity contribution in [2.75, 3.05) is 39.6 Å². The van der Waals surface area contributed by atoms with Gasteiger partial charge in [0.25, 0.3) is 0 Å². The lowest BCUT2D eigenvalue weighted by atomic mass is 9.99. The lowest BCUT2D eigenvalue weighted by Gasteiger charge is -2.21. The second-order valence-corrected chi connectivity index (χ2v) is 36.3. The predicted octanol–water partition coefficient (Wildman–Crippen LogP) is 28.2. The van der Waals surface area contributed by atoms with E-state index in [4.69, 9.17) is 37.0 Å². The van der Waals surface area contributed by atoms with Crippen molar-refractivity contribution >= 4 is 39.5 Å². The van der Waals surface area contributed by atoms with Gasteiger partial charge >= 0.3 is 39.5 Å². The molecule has 0 aromatic rings. The van der Waals surface area contributed by atoms with Crippen molar-refractivity contribution in [3.8, 4) is 0 Å². The zero-order valence-corrected chi connectivity index (χ0v) is 74.4. The third-order valence-electron chi connectivity index (χ3n) is 21.8. The van der Waals surface area contributed by atoms with Crippen molar-refractivity contribution < 1.29 is 80.2 Å². The second-order valence-electron chi connectivity index (χ2n) is 33.4. The summed E-state index contributed by atoms with van der Waals surface area (Å²) in [6.07, 6.45) is 76.5. The van der Waals surface area contributed by atoms with Crippen LogP contribution >= 0.6 is 15.6 Å². The summed E-state index contributed by atoms with van der Waals surface area (Å²) in [7, 11) is -9.93. The molecule has 0 fully saturated rings. The minimum absolute atomic E-state index is 0.108. The third-order valence-corrected chi connectivity index (χ3v) is 23.7. The van der Waals surface area contributed by atoms with Gasteiger partial charge in [-0.05, 0) is 37.5 Å². The second kappa shape index (κ2) is 82.2. The largest absolute Gasteiger partial charge is 0.472 e. The van der Waals surface area contributed by atoms with Crippen molar-refractivity contribution in [3.05, 3.63) is 0 Å². The van der Waals surface area contributed by atoms with Gasteiger partial charge in [0, 0.05) is 25.7 Å². The monoisotopic (exact) mass is 1610 g/mol. The zero-order valence-electron chi connectivity index (χ0n) is 72.6. The molecule has 0 aliphatic heterocycles. The van der Waals surface area contributed by atoms with Crippen molar-refractivity contribution in [2.24, 2.45) is 11.8 Å². The highest BCUT2D eigenvalue weighted by atomic mass is 31.2. The van der Waals surface area contributed by atoms with Crippen LogP contribution in [0.5, 0.6) is 0 Å². The first-order valence-corrected chi connectivity index (χ1v) is 50.0. The van der Waals surface area contributed by atoms with Crippen molar-refractivity contribution in [3.63, 3.8) is 0 Å². The van der Waals surface area contributed by atoms with E-state index in [-0.39, 0.29) is 25.7 Å². The van der Waals surface area contributed by atoms with E-state index in [1.54, 1.807) is 0 Å². The molecule has 0 aliphatic carbocycles. The number of hydrogen-bond acceptors (Lipinski definition) is 15. The maximum atomic E-state index is 13.2.